The summed E-state index contributed by atoms with van der Waals surface area (Å²) in [6.07, 6.45) is 6.17. The first-order chi connectivity index (χ1) is 8.25. The van der Waals surface area contributed by atoms with Gasteiger partial charge in [-0.05, 0) is 0 Å². The summed E-state index contributed by atoms with van der Waals surface area (Å²) < 4.78 is 1.57. The number of aromatic amines is 1. The molecule has 3 heterocycles. The van der Waals surface area contributed by atoms with Crippen LogP contribution in [-0.4, -0.2) is 35.9 Å². The van der Waals surface area contributed by atoms with Crippen LogP contribution in [0.3, 0.4) is 0 Å². The number of rotatable bonds is 2. The minimum absolute atomic E-state index is 0.110. The Hall–Kier alpha value is -2.70. The van der Waals surface area contributed by atoms with Gasteiger partial charge in [-0.1, -0.05) is 0 Å². The van der Waals surface area contributed by atoms with Crippen LogP contribution in [0.2, 0.25) is 0 Å². The van der Waals surface area contributed by atoms with Crippen LogP contribution in [0.25, 0.3) is 16.9 Å². The van der Waals surface area contributed by atoms with Crippen LogP contribution in [0.4, 0.5) is 0 Å². The van der Waals surface area contributed by atoms with Crippen molar-refractivity contribution in [3.8, 4) is 11.3 Å². The molecule has 0 saturated carbocycles. The normalized spacial score (nSPS) is 10.8. The average molecular weight is 229 g/mol. The molecule has 0 atom stereocenters. The second-order valence-corrected chi connectivity index (χ2v) is 3.44. The zero-order valence-electron chi connectivity index (χ0n) is 8.53. The summed E-state index contributed by atoms with van der Waals surface area (Å²) in [5.74, 6) is -1.03. The van der Waals surface area contributed by atoms with E-state index >= 15 is 0 Å². The number of nitrogens with zero attached hydrogens (tertiary/aromatic N) is 4. The fourth-order valence-electron chi connectivity index (χ4n) is 1.61. The summed E-state index contributed by atoms with van der Waals surface area (Å²) in [5.41, 5.74) is 1.85. The highest BCUT2D eigenvalue weighted by molar-refractivity contribution is 5.94. The molecule has 2 N–H and O–H groups in total. The Kier molecular flexibility index (Phi) is 1.91. The lowest BCUT2D eigenvalue weighted by molar-refractivity contribution is 0.0698. The Morgan fingerprint density at radius 3 is 3.12 bits per heavy atom. The van der Waals surface area contributed by atoms with Crippen LogP contribution in [-0.2, 0) is 0 Å². The summed E-state index contributed by atoms with van der Waals surface area (Å²) in [6, 6.07) is 1.76. The highest BCUT2D eigenvalue weighted by atomic mass is 16.4. The second kappa shape index (κ2) is 3.41. The molecule has 3 aromatic heterocycles. The van der Waals surface area contributed by atoms with Crippen LogP contribution in [0.15, 0.2) is 30.9 Å². The van der Waals surface area contributed by atoms with Gasteiger partial charge in [-0.2, -0.15) is 10.2 Å². The number of carboxylic acid groups (broad SMARTS) is 1. The predicted molar refractivity (Wildman–Crippen MR) is 57.5 cm³/mol. The molecule has 0 amide bonds. The first-order valence-electron chi connectivity index (χ1n) is 4.82. The third-order valence-corrected chi connectivity index (χ3v) is 2.41. The van der Waals surface area contributed by atoms with Crippen molar-refractivity contribution in [3.05, 3.63) is 36.4 Å². The van der Waals surface area contributed by atoms with Crippen molar-refractivity contribution in [3.63, 3.8) is 0 Å². The molecule has 7 nitrogen and oxygen atoms in total. The molecule has 0 aliphatic carbocycles. The van der Waals surface area contributed by atoms with E-state index in [1.54, 1.807) is 29.2 Å². The van der Waals surface area contributed by atoms with Gasteiger partial charge in [0, 0.05) is 24.0 Å². The van der Waals surface area contributed by atoms with Gasteiger partial charge in [0.25, 0.3) is 0 Å². The van der Waals surface area contributed by atoms with E-state index in [2.05, 4.69) is 20.3 Å². The lowest BCUT2D eigenvalue weighted by Crippen LogP contribution is -1.98. The molecule has 0 aliphatic heterocycles. The highest BCUT2D eigenvalue weighted by Gasteiger charge is 2.14. The molecule has 0 bridgehead atoms. The average Bonchev–Trinajstić information content (AvgIpc) is 2.96. The number of H-pyrrole nitrogens is 1. The largest absolute Gasteiger partial charge is 0.478 e. The lowest BCUT2D eigenvalue weighted by atomic mass is 10.1. The lowest BCUT2D eigenvalue weighted by Gasteiger charge is -2.00. The van der Waals surface area contributed by atoms with Crippen LogP contribution >= 0.6 is 0 Å². The Balaban J connectivity index is 2.19. The first-order valence-corrected chi connectivity index (χ1v) is 4.82. The van der Waals surface area contributed by atoms with E-state index in [-0.39, 0.29) is 5.56 Å². The van der Waals surface area contributed by atoms with E-state index in [0.717, 1.165) is 0 Å². The van der Waals surface area contributed by atoms with Gasteiger partial charge in [-0.25, -0.2) is 14.3 Å². The third kappa shape index (κ3) is 1.44. The molecule has 0 fully saturated rings. The number of hydrogen-bond acceptors (Lipinski definition) is 4. The Morgan fingerprint density at radius 1 is 1.41 bits per heavy atom. The molecule has 0 saturated heterocycles. The van der Waals surface area contributed by atoms with Crippen molar-refractivity contribution >= 4 is 11.6 Å². The Labute approximate surface area is 94.7 Å². The fraction of sp³-hybridized carbons (Fsp3) is 0. The van der Waals surface area contributed by atoms with Crippen LogP contribution in [0.1, 0.15) is 10.4 Å². The van der Waals surface area contributed by atoms with E-state index in [1.807, 2.05) is 0 Å². The summed E-state index contributed by atoms with van der Waals surface area (Å²) in [5, 5.41) is 19.4. The number of aromatic carboxylic acids is 1. The van der Waals surface area contributed by atoms with E-state index in [9.17, 15) is 4.79 Å². The zero-order valence-corrected chi connectivity index (χ0v) is 8.53. The van der Waals surface area contributed by atoms with Crippen LogP contribution in [0.5, 0.6) is 0 Å². The maximum absolute atomic E-state index is 11.0. The van der Waals surface area contributed by atoms with Gasteiger partial charge in [0.2, 0.25) is 0 Å². The monoisotopic (exact) mass is 229 g/mol. The second-order valence-electron chi connectivity index (χ2n) is 3.44. The molecule has 3 aromatic rings. The maximum Gasteiger partial charge on any atom is 0.339 e. The molecule has 0 unspecified atom stereocenters. The van der Waals surface area contributed by atoms with Gasteiger partial charge in [0.05, 0.1) is 18.1 Å². The molecule has 0 aromatic carbocycles. The Morgan fingerprint density at radius 2 is 2.29 bits per heavy atom. The molecule has 0 aliphatic rings. The van der Waals surface area contributed by atoms with Crippen molar-refractivity contribution < 1.29 is 9.90 Å². The Bertz CT molecular complexity index is 699. The van der Waals surface area contributed by atoms with Crippen molar-refractivity contribution in [2.45, 2.75) is 0 Å². The maximum atomic E-state index is 11.0. The number of aromatic nitrogens is 5. The standard InChI is InChI=1S/C10H7N5O2/c16-10(17)7-4-12-14-9(7)6-3-11-8-1-2-13-15(8)5-6/h1-5H,(H,12,14)(H,16,17). The molecule has 84 valence electrons. The predicted octanol–water partition coefficient (Wildman–Crippen LogP) is 0.818. The summed E-state index contributed by atoms with van der Waals surface area (Å²) in [7, 11) is 0. The topological polar surface area (TPSA) is 96.2 Å². The van der Waals surface area contributed by atoms with Crippen molar-refractivity contribution in [2.75, 3.05) is 0 Å². The SMILES string of the molecule is O=C(O)c1cn[nH]c1-c1cnc2ccnn2c1. The summed E-state index contributed by atoms with van der Waals surface area (Å²) >= 11 is 0. The van der Waals surface area contributed by atoms with Gasteiger partial charge in [0.15, 0.2) is 5.65 Å². The molecular formula is C10H7N5O2. The highest BCUT2D eigenvalue weighted by Crippen LogP contribution is 2.20. The molecule has 7 heteroatoms. The molecule has 17 heavy (non-hydrogen) atoms. The van der Waals surface area contributed by atoms with Gasteiger partial charge in [-0.15, -0.1) is 0 Å². The van der Waals surface area contributed by atoms with E-state index in [0.29, 0.717) is 16.9 Å². The van der Waals surface area contributed by atoms with Crippen molar-refractivity contribution in [1.82, 2.24) is 24.8 Å². The molecule has 0 spiro atoms. The molecule has 3 rings (SSSR count). The molecular weight excluding hydrogens is 222 g/mol. The minimum atomic E-state index is -1.03. The number of nitrogens with one attached hydrogen (secondary N) is 1. The van der Waals surface area contributed by atoms with Gasteiger partial charge < -0.3 is 5.11 Å². The van der Waals surface area contributed by atoms with Crippen LogP contribution < -0.4 is 0 Å². The van der Waals surface area contributed by atoms with Gasteiger partial charge in [-0.3, -0.25) is 5.10 Å². The summed E-state index contributed by atoms with van der Waals surface area (Å²) in [4.78, 5) is 15.1. The first kappa shape index (κ1) is 9.52. The van der Waals surface area contributed by atoms with Gasteiger partial charge in [0.1, 0.15) is 5.56 Å². The number of fused-ring (bicyclic) bond motifs is 1. The van der Waals surface area contributed by atoms with Crippen molar-refractivity contribution in [1.29, 1.82) is 0 Å². The van der Waals surface area contributed by atoms with Crippen LogP contribution in [0, 0.1) is 0 Å². The number of carboxylic acids is 1. The number of carbonyl (C=O) groups is 1. The number of hydrogen-bond donors (Lipinski definition) is 2. The third-order valence-electron chi connectivity index (χ3n) is 2.41. The van der Waals surface area contributed by atoms with E-state index in [4.69, 9.17) is 5.11 Å². The van der Waals surface area contributed by atoms with Gasteiger partial charge >= 0.3 is 5.97 Å². The quantitative estimate of drug-likeness (QED) is 0.678. The zero-order chi connectivity index (χ0) is 11.8. The fourth-order valence-corrected chi connectivity index (χ4v) is 1.61. The van der Waals surface area contributed by atoms with Crippen molar-refractivity contribution in [2.24, 2.45) is 0 Å². The summed E-state index contributed by atoms with van der Waals surface area (Å²) in [6.45, 7) is 0. The van der Waals surface area contributed by atoms with E-state index < -0.39 is 5.97 Å². The van der Waals surface area contributed by atoms with E-state index in [1.165, 1.54) is 6.20 Å². The molecule has 0 radical (unpaired) electrons. The minimum Gasteiger partial charge on any atom is -0.478 e. The smallest absolute Gasteiger partial charge is 0.339 e.